The zero-order chi connectivity index (χ0) is 18.1. The minimum atomic E-state index is -0.403. The molecule has 0 bridgehead atoms. The number of nitrogens with zero attached hydrogens (tertiary/aromatic N) is 2. The van der Waals surface area contributed by atoms with E-state index in [1.807, 2.05) is 18.2 Å². The van der Waals surface area contributed by atoms with Crippen LogP contribution < -0.4 is 5.69 Å². The van der Waals surface area contributed by atoms with Crippen molar-refractivity contribution in [2.24, 2.45) is 0 Å². The summed E-state index contributed by atoms with van der Waals surface area (Å²) in [4.78, 5) is 16.4. The minimum Gasteiger partial charge on any atom is -0.437 e. The Kier molecular flexibility index (Phi) is 4.61. The van der Waals surface area contributed by atoms with Crippen molar-refractivity contribution in [3.05, 3.63) is 52.6 Å². The van der Waals surface area contributed by atoms with Crippen molar-refractivity contribution in [2.75, 3.05) is 6.61 Å². The molecule has 0 spiro atoms. The smallest absolute Gasteiger partial charge is 0.353 e. The first-order valence-electron chi connectivity index (χ1n) is 9.06. The molecule has 3 aromatic rings. The third kappa shape index (κ3) is 3.18. The Bertz CT molecular complexity index is 958. The van der Waals surface area contributed by atoms with E-state index in [1.165, 1.54) is 10.1 Å². The molecule has 2 aromatic heterocycles. The Hall–Kier alpha value is -2.44. The fourth-order valence-electron chi connectivity index (χ4n) is 3.42. The maximum atomic E-state index is 12.3. The summed E-state index contributed by atoms with van der Waals surface area (Å²) < 4.78 is 13.0. The number of aromatic nitrogens is 2. The molecule has 6 heteroatoms. The van der Waals surface area contributed by atoms with Crippen molar-refractivity contribution in [1.82, 2.24) is 9.55 Å². The number of ether oxygens (including phenoxy) is 1. The van der Waals surface area contributed by atoms with E-state index in [4.69, 9.17) is 9.15 Å². The number of aliphatic hydroxyl groups is 1. The Morgan fingerprint density at radius 2 is 2.08 bits per heavy atom. The van der Waals surface area contributed by atoms with Crippen LogP contribution in [0.2, 0.25) is 0 Å². The second kappa shape index (κ2) is 7.05. The Balaban J connectivity index is 1.66. The number of aryl methyl sites for hydroxylation is 1. The SMILES string of the molecule is CCCc1ccc(-c2cc3cn(C4CCC(CO)O4)c(=O)nc3o2)cc1. The highest BCUT2D eigenvalue weighted by molar-refractivity contribution is 5.79. The lowest BCUT2D eigenvalue weighted by atomic mass is 10.1. The average molecular weight is 354 g/mol. The van der Waals surface area contributed by atoms with Crippen LogP contribution in [0.1, 0.15) is 38.0 Å². The molecule has 1 N–H and O–H groups in total. The monoisotopic (exact) mass is 354 g/mol. The van der Waals surface area contributed by atoms with Crippen LogP contribution in [0.25, 0.3) is 22.4 Å². The van der Waals surface area contributed by atoms with Gasteiger partial charge in [0.25, 0.3) is 0 Å². The molecule has 136 valence electrons. The fraction of sp³-hybridized carbons (Fsp3) is 0.400. The van der Waals surface area contributed by atoms with Crippen molar-refractivity contribution < 1.29 is 14.3 Å². The summed E-state index contributed by atoms with van der Waals surface area (Å²) in [5, 5.41) is 9.97. The lowest BCUT2D eigenvalue weighted by Gasteiger charge is -2.14. The molecule has 1 fully saturated rings. The van der Waals surface area contributed by atoms with Gasteiger partial charge in [-0.1, -0.05) is 37.6 Å². The van der Waals surface area contributed by atoms with Crippen LogP contribution >= 0.6 is 0 Å². The van der Waals surface area contributed by atoms with Crippen LogP contribution in [0.15, 0.2) is 45.7 Å². The molecule has 4 rings (SSSR count). The zero-order valence-electron chi connectivity index (χ0n) is 14.7. The van der Waals surface area contributed by atoms with Crippen LogP contribution in [-0.4, -0.2) is 27.4 Å². The molecule has 3 heterocycles. The number of benzene rings is 1. The van der Waals surface area contributed by atoms with E-state index in [1.54, 1.807) is 6.20 Å². The highest BCUT2D eigenvalue weighted by atomic mass is 16.5. The summed E-state index contributed by atoms with van der Waals surface area (Å²) in [6, 6.07) is 10.1. The molecule has 1 aliphatic heterocycles. The fourth-order valence-corrected chi connectivity index (χ4v) is 3.42. The second-order valence-electron chi connectivity index (χ2n) is 6.72. The Morgan fingerprint density at radius 3 is 2.77 bits per heavy atom. The summed E-state index contributed by atoms with van der Waals surface area (Å²) in [6.07, 6.45) is 4.70. The number of hydrogen-bond donors (Lipinski definition) is 1. The van der Waals surface area contributed by atoms with Crippen LogP contribution in [0.5, 0.6) is 0 Å². The predicted molar refractivity (Wildman–Crippen MR) is 97.9 cm³/mol. The summed E-state index contributed by atoms with van der Waals surface area (Å²) in [6.45, 7) is 2.12. The molecule has 2 unspecified atom stereocenters. The van der Waals surface area contributed by atoms with Crippen LogP contribution in [-0.2, 0) is 11.2 Å². The molecule has 1 saturated heterocycles. The number of fused-ring (bicyclic) bond motifs is 1. The molecule has 6 nitrogen and oxygen atoms in total. The van der Waals surface area contributed by atoms with Gasteiger partial charge in [0.05, 0.1) is 18.1 Å². The molecule has 0 radical (unpaired) electrons. The Labute approximate surface area is 151 Å². The first kappa shape index (κ1) is 17.0. The van der Waals surface area contributed by atoms with Gasteiger partial charge >= 0.3 is 5.69 Å². The third-order valence-electron chi connectivity index (χ3n) is 4.81. The van der Waals surface area contributed by atoms with Gasteiger partial charge in [0, 0.05) is 11.8 Å². The third-order valence-corrected chi connectivity index (χ3v) is 4.81. The summed E-state index contributed by atoms with van der Waals surface area (Å²) in [5.41, 5.74) is 2.18. The topological polar surface area (TPSA) is 77.5 Å². The normalized spacial score (nSPS) is 20.1. The van der Waals surface area contributed by atoms with Crippen molar-refractivity contribution in [3.8, 4) is 11.3 Å². The predicted octanol–water partition coefficient (Wildman–Crippen LogP) is 3.28. The number of aliphatic hydroxyl groups excluding tert-OH is 1. The lowest BCUT2D eigenvalue weighted by molar-refractivity contribution is -0.0243. The number of furan rings is 1. The average Bonchev–Trinajstić information content (AvgIpc) is 3.28. The second-order valence-corrected chi connectivity index (χ2v) is 6.72. The molecule has 26 heavy (non-hydrogen) atoms. The molecular formula is C20H22N2O4. The van der Waals surface area contributed by atoms with Crippen molar-refractivity contribution >= 4 is 11.1 Å². The van der Waals surface area contributed by atoms with Crippen LogP contribution in [0, 0.1) is 0 Å². The van der Waals surface area contributed by atoms with Gasteiger partial charge in [-0.25, -0.2) is 4.79 Å². The van der Waals surface area contributed by atoms with Gasteiger partial charge in [-0.15, -0.1) is 0 Å². The Morgan fingerprint density at radius 1 is 1.27 bits per heavy atom. The van der Waals surface area contributed by atoms with Crippen molar-refractivity contribution in [2.45, 2.75) is 44.9 Å². The molecule has 1 aromatic carbocycles. The van der Waals surface area contributed by atoms with Crippen LogP contribution in [0.4, 0.5) is 0 Å². The molecule has 1 aliphatic rings. The number of rotatable bonds is 5. The first-order chi connectivity index (χ1) is 12.7. The number of hydrogen-bond acceptors (Lipinski definition) is 5. The van der Waals surface area contributed by atoms with Gasteiger partial charge in [0.2, 0.25) is 5.71 Å². The molecule has 0 aliphatic carbocycles. The summed E-state index contributed by atoms with van der Waals surface area (Å²) in [7, 11) is 0. The highest BCUT2D eigenvalue weighted by Crippen LogP contribution is 2.30. The zero-order valence-corrected chi connectivity index (χ0v) is 14.7. The summed E-state index contributed by atoms with van der Waals surface area (Å²) >= 11 is 0. The molecule has 0 saturated carbocycles. The van der Waals surface area contributed by atoms with E-state index in [0.717, 1.165) is 30.2 Å². The maximum Gasteiger partial charge on any atom is 0.353 e. The van der Waals surface area contributed by atoms with Gasteiger partial charge in [-0.05, 0) is 30.9 Å². The standard InChI is InChI=1S/C20H22N2O4/c1-2-3-13-4-6-14(7-5-13)17-10-15-11-22(20(24)21-19(15)26-17)18-9-8-16(12-23)25-18/h4-7,10-11,16,18,23H,2-3,8-9,12H2,1H3. The maximum absolute atomic E-state index is 12.3. The lowest BCUT2D eigenvalue weighted by Crippen LogP contribution is -2.27. The van der Waals surface area contributed by atoms with Crippen molar-refractivity contribution in [1.29, 1.82) is 0 Å². The molecule has 2 atom stereocenters. The van der Waals surface area contributed by atoms with E-state index in [2.05, 4.69) is 24.0 Å². The largest absolute Gasteiger partial charge is 0.437 e. The van der Waals surface area contributed by atoms with Crippen molar-refractivity contribution in [3.63, 3.8) is 0 Å². The van der Waals surface area contributed by atoms with E-state index < -0.39 is 5.69 Å². The van der Waals surface area contributed by atoms with E-state index in [0.29, 0.717) is 17.9 Å². The van der Waals surface area contributed by atoms with E-state index in [9.17, 15) is 9.90 Å². The summed E-state index contributed by atoms with van der Waals surface area (Å²) in [5.74, 6) is 0.688. The first-order valence-corrected chi connectivity index (χ1v) is 9.06. The minimum absolute atomic E-state index is 0.0369. The van der Waals surface area contributed by atoms with Gasteiger partial charge in [-0.3, -0.25) is 4.57 Å². The van der Waals surface area contributed by atoms with Crippen LogP contribution in [0.3, 0.4) is 0 Å². The van der Waals surface area contributed by atoms with Gasteiger partial charge < -0.3 is 14.3 Å². The van der Waals surface area contributed by atoms with Gasteiger partial charge in [0.1, 0.15) is 12.0 Å². The quantitative estimate of drug-likeness (QED) is 0.761. The highest BCUT2D eigenvalue weighted by Gasteiger charge is 2.27. The van der Waals surface area contributed by atoms with E-state index >= 15 is 0 Å². The van der Waals surface area contributed by atoms with E-state index in [-0.39, 0.29) is 18.9 Å². The molecular weight excluding hydrogens is 332 g/mol. The molecule has 0 amide bonds. The van der Waals surface area contributed by atoms with Gasteiger partial charge in [0.15, 0.2) is 0 Å². The van der Waals surface area contributed by atoms with Gasteiger partial charge in [-0.2, -0.15) is 4.98 Å².